The Labute approximate surface area is 435 Å². The Morgan fingerprint density at radius 2 is 1.27 bits per heavy atom. The van der Waals surface area contributed by atoms with E-state index in [2.05, 4.69) is 32.6 Å². The minimum Gasteiger partial charge on any atom is -0.480 e. The van der Waals surface area contributed by atoms with Crippen molar-refractivity contribution >= 4 is 63.6 Å². The number of carboxylic acids is 3. The van der Waals surface area contributed by atoms with Gasteiger partial charge < -0.3 is 59.1 Å². The van der Waals surface area contributed by atoms with Crippen LogP contribution in [0.2, 0.25) is 5.02 Å². The summed E-state index contributed by atoms with van der Waals surface area (Å²) >= 11 is 6.74. The fourth-order valence-corrected chi connectivity index (χ4v) is 9.50. The summed E-state index contributed by atoms with van der Waals surface area (Å²) in [4.78, 5) is 86.7. The molecular formula is C50H68ClN11O12. The zero-order valence-corrected chi connectivity index (χ0v) is 42.5. The first-order chi connectivity index (χ1) is 35.8. The van der Waals surface area contributed by atoms with Crippen molar-refractivity contribution in [3.05, 3.63) is 76.8 Å². The number of benzene rings is 2. The Morgan fingerprint density at radius 3 is 1.84 bits per heavy atom. The molecule has 0 spiro atoms. The van der Waals surface area contributed by atoms with Gasteiger partial charge in [0, 0.05) is 102 Å². The average Bonchev–Trinajstić information content (AvgIpc) is 3.37. The van der Waals surface area contributed by atoms with Gasteiger partial charge in [0.2, 0.25) is 18.4 Å². The molecular weight excluding hydrogens is 982 g/mol. The molecule has 402 valence electrons. The van der Waals surface area contributed by atoms with Gasteiger partial charge in [-0.25, -0.2) is 6.57 Å². The van der Waals surface area contributed by atoms with Crippen molar-refractivity contribution in [2.24, 2.45) is 0 Å². The number of rotatable bonds is 25. The summed E-state index contributed by atoms with van der Waals surface area (Å²) < 4.78 is 23.2. The average molecular weight is 1050 g/mol. The first-order valence-electron chi connectivity index (χ1n) is 24.8. The van der Waals surface area contributed by atoms with Gasteiger partial charge in [-0.2, -0.15) is 9.97 Å². The Kier molecular flexibility index (Phi) is 22.8. The zero-order chi connectivity index (χ0) is 52.8. The van der Waals surface area contributed by atoms with Crippen LogP contribution in [-0.2, 0) is 51.1 Å². The lowest BCUT2D eigenvalue weighted by atomic mass is 10.0. The summed E-state index contributed by atoms with van der Waals surface area (Å²) in [7, 11) is 0. The number of amides is 2. The number of nitrogens with one attached hydrogen (secondary N) is 1. The molecule has 24 heteroatoms. The molecule has 0 aliphatic carbocycles. The van der Waals surface area contributed by atoms with Crippen molar-refractivity contribution in [3.63, 3.8) is 0 Å². The van der Waals surface area contributed by atoms with Crippen LogP contribution < -0.4 is 19.9 Å². The molecule has 1 atom stereocenters. The van der Waals surface area contributed by atoms with E-state index in [1.165, 1.54) is 6.08 Å². The highest BCUT2D eigenvalue weighted by atomic mass is 35.5. The number of aliphatic carboxylic acids is 3. The van der Waals surface area contributed by atoms with Crippen LogP contribution >= 0.6 is 11.6 Å². The highest BCUT2D eigenvalue weighted by Crippen LogP contribution is 2.37. The van der Waals surface area contributed by atoms with Crippen molar-refractivity contribution in [3.8, 4) is 6.01 Å². The molecule has 3 aliphatic rings. The van der Waals surface area contributed by atoms with Crippen LogP contribution in [0.1, 0.15) is 11.3 Å². The zero-order valence-electron chi connectivity index (χ0n) is 41.8. The number of carbonyl (C=O) groups is 5. The van der Waals surface area contributed by atoms with E-state index in [1.54, 1.807) is 19.6 Å². The van der Waals surface area contributed by atoms with Gasteiger partial charge in [0.15, 0.2) is 0 Å². The van der Waals surface area contributed by atoms with Crippen LogP contribution in [0.4, 0.5) is 11.5 Å². The second-order valence-electron chi connectivity index (χ2n) is 18.0. The minimum absolute atomic E-state index is 0.00754. The third kappa shape index (κ3) is 17.7. The smallest absolute Gasteiger partial charge is 0.318 e. The van der Waals surface area contributed by atoms with Crippen LogP contribution in [0.15, 0.2) is 49.1 Å². The topological polar surface area (TPSA) is 248 Å². The molecule has 2 fully saturated rings. The molecule has 0 saturated carbocycles. The van der Waals surface area contributed by atoms with Crippen LogP contribution in [0.25, 0.3) is 15.6 Å². The van der Waals surface area contributed by atoms with E-state index < -0.39 is 17.9 Å². The van der Waals surface area contributed by atoms with Gasteiger partial charge in [0.05, 0.1) is 83.1 Å². The van der Waals surface area contributed by atoms with Crippen molar-refractivity contribution in [1.82, 2.24) is 39.8 Å². The monoisotopic (exact) mass is 1050 g/mol. The summed E-state index contributed by atoms with van der Waals surface area (Å²) in [6.07, 6.45) is 1.95. The maximum Gasteiger partial charge on any atom is 0.318 e. The van der Waals surface area contributed by atoms with Gasteiger partial charge in [-0.1, -0.05) is 42.4 Å². The third-order valence-corrected chi connectivity index (χ3v) is 13.2. The van der Waals surface area contributed by atoms with Crippen LogP contribution in [-0.4, -0.2) is 250 Å². The number of hydrogen-bond acceptors (Lipinski definition) is 17. The third-order valence-electron chi connectivity index (χ3n) is 12.9. The molecule has 4 heterocycles. The summed E-state index contributed by atoms with van der Waals surface area (Å²) in [6.45, 7) is 17.8. The number of fused-ring (bicyclic) bond motifs is 2. The maximum atomic E-state index is 13.0. The molecule has 4 N–H and O–H groups in total. The van der Waals surface area contributed by atoms with Gasteiger partial charge in [-0.05, 0) is 30.0 Å². The summed E-state index contributed by atoms with van der Waals surface area (Å²) in [5.41, 5.74) is 2.83. The van der Waals surface area contributed by atoms with Crippen molar-refractivity contribution in [2.75, 3.05) is 174 Å². The molecule has 1 aromatic heterocycles. The molecule has 2 aromatic carbocycles. The first-order valence-corrected chi connectivity index (χ1v) is 25.2. The van der Waals surface area contributed by atoms with Crippen LogP contribution in [0.5, 0.6) is 6.01 Å². The number of carboxylic acid groups (broad SMARTS) is 3. The van der Waals surface area contributed by atoms with Crippen LogP contribution in [0.3, 0.4) is 0 Å². The highest BCUT2D eigenvalue weighted by molar-refractivity contribution is 6.36. The number of nitrogens with zero attached hydrogens (tertiary/aromatic N) is 10. The standard InChI is InChI=1S/C50H68ClN11O12/c1-3-44(64)62-22-21-61(31-38(62)30-52-2)49-39-10-12-60(42-9-5-7-37-6-4-8-40(51)48(37)42)32-41(39)54-50(55-49)74-29-28-73-27-26-72-25-24-71-23-11-53-43(63)33-56-13-15-57(34-45(65)66)17-19-59(36-47(69)70)20-18-58(16-14-56)35-46(67)68/h3-9,38H,1,10-36H2,(H,53,63)(H,65,66)(H,67,68)(H,69,70)/t38-/m0/s1. The Morgan fingerprint density at radius 1 is 0.716 bits per heavy atom. The Balaban J connectivity index is 0.922. The summed E-state index contributed by atoms with van der Waals surface area (Å²) in [6, 6.07) is 11.9. The summed E-state index contributed by atoms with van der Waals surface area (Å²) in [5, 5.41) is 33.8. The number of aromatic nitrogens is 2. The van der Waals surface area contributed by atoms with E-state index in [-0.39, 0.29) is 116 Å². The molecule has 23 nitrogen and oxygen atoms in total. The van der Waals surface area contributed by atoms with Gasteiger partial charge >= 0.3 is 23.9 Å². The largest absolute Gasteiger partial charge is 0.480 e. The van der Waals surface area contributed by atoms with E-state index in [4.69, 9.17) is 47.1 Å². The van der Waals surface area contributed by atoms with Gasteiger partial charge in [-0.3, -0.25) is 43.6 Å². The number of halogens is 1. The van der Waals surface area contributed by atoms with E-state index in [0.29, 0.717) is 90.2 Å². The fraction of sp³-hybridized carbons (Fsp3) is 0.560. The van der Waals surface area contributed by atoms with E-state index in [0.717, 1.165) is 33.5 Å². The second-order valence-corrected chi connectivity index (χ2v) is 18.4. The Hall–Kier alpha value is -6.23. The number of carbonyl (C=O) groups excluding carboxylic acids is 2. The number of hydrogen-bond donors (Lipinski definition) is 4. The molecule has 0 radical (unpaired) electrons. The van der Waals surface area contributed by atoms with Gasteiger partial charge in [-0.15, -0.1) is 0 Å². The normalized spacial score (nSPS) is 17.7. The van der Waals surface area contributed by atoms with E-state index >= 15 is 0 Å². The molecule has 6 rings (SSSR count). The number of piperazine rings is 1. The molecule has 3 aromatic rings. The number of anilines is 2. The molecule has 0 unspecified atom stereocenters. The molecule has 2 saturated heterocycles. The predicted octanol–water partition coefficient (Wildman–Crippen LogP) is 0.989. The highest BCUT2D eigenvalue weighted by Gasteiger charge is 2.35. The molecule has 74 heavy (non-hydrogen) atoms. The van der Waals surface area contributed by atoms with Gasteiger partial charge in [0.1, 0.15) is 18.5 Å². The maximum absolute atomic E-state index is 13.0. The quantitative estimate of drug-likeness (QED) is 0.0525. The SMILES string of the molecule is [C-]#[N+]C[C@H]1CN(c2nc(OCCOCCOCCOCCNC(=O)CN3CCN(CC(=O)O)CCN(CC(=O)O)CCN(CC(=O)O)CC3)nc3c2CCN(c2cccc4cccc(Cl)c24)C3)CCN1C(=O)C=C. The molecule has 3 aliphatic heterocycles. The summed E-state index contributed by atoms with van der Waals surface area (Å²) in [5.74, 6) is -2.81. The van der Waals surface area contributed by atoms with Crippen LogP contribution in [0, 0.1) is 6.57 Å². The lowest BCUT2D eigenvalue weighted by molar-refractivity contribution is -0.140. The lowest BCUT2D eigenvalue weighted by Gasteiger charge is -2.41. The van der Waals surface area contributed by atoms with Gasteiger partial charge in [0.25, 0.3) is 0 Å². The Bertz CT molecular complexity index is 2390. The van der Waals surface area contributed by atoms with Crippen molar-refractivity contribution < 1.29 is 58.2 Å². The van der Waals surface area contributed by atoms with Crippen molar-refractivity contribution in [1.29, 1.82) is 0 Å². The lowest BCUT2D eigenvalue weighted by Crippen LogP contribution is -2.56. The first kappa shape index (κ1) is 57.1. The van der Waals surface area contributed by atoms with Crippen molar-refractivity contribution in [2.45, 2.75) is 19.0 Å². The molecule has 2 amide bonds. The minimum atomic E-state index is -1.03. The predicted molar refractivity (Wildman–Crippen MR) is 275 cm³/mol. The second kappa shape index (κ2) is 29.6. The van der Waals surface area contributed by atoms with E-state index in [9.17, 15) is 39.3 Å². The number of ether oxygens (including phenoxy) is 4. The fourth-order valence-electron chi connectivity index (χ4n) is 9.22. The van der Waals surface area contributed by atoms with E-state index in [1.807, 2.05) is 35.2 Å². The molecule has 0 bridgehead atoms.